The summed E-state index contributed by atoms with van der Waals surface area (Å²) in [6.45, 7) is -0.0515. The first-order valence-corrected chi connectivity index (χ1v) is 5.60. The molecule has 16 heavy (non-hydrogen) atoms. The van der Waals surface area contributed by atoms with Gasteiger partial charge in [-0.25, -0.2) is 4.98 Å². The number of pyridine rings is 2. The highest BCUT2D eigenvalue weighted by atomic mass is 79.9. The van der Waals surface area contributed by atoms with Crippen LogP contribution < -0.4 is 0 Å². The zero-order valence-electron chi connectivity index (χ0n) is 8.24. The summed E-state index contributed by atoms with van der Waals surface area (Å²) < 4.78 is 0.934. The average molecular weight is 278 g/mol. The third kappa shape index (κ3) is 1.40. The van der Waals surface area contributed by atoms with E-state index in [0.717, 1.165) is 26.4 Å². The highest BCUT2D eigenvalue weighted by molar-refractivity contribution is 9.10. The van der Waals surface area contributed by atoms with Crippen molar-refractivity contribution in [1.82, 2.24) is 15.0 Å². The molecule has 0 saturated heterocycles. The van der Waals surface area contributed by atoms with Crippen molar-refractivity contribution in [1.29, 1.82) is 0 Å². The molecule has 0 unspecified atom stereocenters. The Hall–Kier alpha value is -1.46. The first-order valence-electron chi connectivity index (χ1n) is 4.80. The molecule has 3 aromatic heterocycles. The fraction of sp³-hybridized carbons (Fsp3) is 0.0909. The van der Waals surface area contributed by atoms with E-state index in [9.17, 15) is 0 Å². The van der Waals surface area contributed by atoms with Crippen LogP contribution in [0.3, 0.4) is 0 Å². The number of aliphatic hydroxyl groups is 1. The third-order valence-corrected chi connectivity index (χ3v) is 2.95. The van der Waals surface area contributed by atoms with E-state index in [1.165, 1.54) is 0 Å². The molecule has 0 aliphatic rings. The van der Waals surface area contributed by atoms with E-state index in [4.69, 9.17) is 5.11 Å². The van der Waals surface area contributed by atoms with E-state index in [1.54, 1.807) is 12.4 Å². The lowest BCUT2D eigenvalue weighted by Gasteiger charge is -1.95. The van der Waals surface area contributed by atoms with E-state index in [1.807, 2.05) is 12.1 Å². The fourth-order valence-electron chi connectivity index (χ4n) is 1.78. The van der Waals surface area contributed by atoms with E-state index < -0.39 is 0 Å². The number of rotatable bonds is 1. The number of H-pyrrole nitrogens is 1. The van der Waals surface area contributed by atoms with Crippen LogP contribution in [0.15, 0.2) is 29.0 Å². The Labute approximate surface area is 99.5 Å². The molecule has 3 heterocycles. The molecular weight excluding hydrogens is 270 g/mol. The van der Waals surface area contributed by atoms with Gasteiger partial charge in [-0.15, -0.1) is 0 Å². The van der Waals surface area contributed by atoms with Crippen molar-refractivity contribution in [2.24, 2.45) is 0 Å². The maximum Gasteiger partial charge on any atom is 0.138 e. The molecule has 0 spiro atoms. The van der Waals surface area contributed by atoms with Crippen molar-refractivity contribution in [3.63, 3.8) is 0 Å². The lowest BCUT2D eigenvalue weighted by atomic mass is 10.2. The third-order valence-electron chi connectivity index (χ3n) is 2.52. The molecule has 0 aromatic carbocycles. The summed E-state index contributed by atoms with van der Waals surface area (Å²) in [6, 6.07) is 3.88. The van der Waals surface area contributed by atoms with Gasteiger partial charge < -0.3 is 10.1 Å². The quantitative estimate of drug-likeness (QED) is 0.718. The first-order chi connectivity index (χ1) is 7.78. The second-order valence-electron chi connectivity index (χ2n) is 3.55. The molecule has 0 amide bonds. The zero-order chi connectivity index (χ0) is 11.1. The molecule has 0 fully saturated rings. The van der Waals surface area contributed by atoms with Crippen LogP contribution in [0.1, 0.15) is 5.69 Å². The molecule has 3 rings (SSSR count). The Morgan fingerprint density at radius 2 is 2.06 bits per heavy atom. The average Bonchev–Trinajstić information content (AvgIpc) is 2.66. The van der Waals surface area contributed by atoms with Crippen LogP contribution >= 0.6 is 15.9 Å². The van der Waals surface area contributed by atoms with Gasteiger partial charge in [-0.2, -0.15) is 0 Å². The van der Waals surface area contributed by atoms with Gasteiger partial charge in [-0.1, -0.05) is 0 Å². The van der Waals surface area contributed by atoms with Crippen LogP contribution in [-0.4, -0.2) is 20.1 Å². The van der Waals surface area contributed by atoms with Crippen molar-refractivity contribution in [2.45, 2.75) is 6.61 Å². The van der Waals surface area contributed by atoms with E-state index in [0.29, 0.717) is 5.69 Å². The van der Waals surface area contributed by atoms with Gasteiger partial charge >= 0.3 is 0 Å². The summed E-state index contributed by atoms with van der Waals surface area (Å²) in [4.78, 5) is 11.6. The maximum absolute atomic E-state index is 9.06. The number of nitrogens with one attached hydrogen (secondary N) is 1. The predicted molar refractivity (Wildman–Crippen MR) is 65.0 cm³/mol. The summed E-state index contributed by atoms with van der Waals surface area (Å²) in [7, 11) is 0. The van der Waals surface area contributed by atoms with Crippen molar-refractivity contribution in [3.05, 3.63) is 34.7 Å². The number of hydrogen-bond acceptors (Lipinski definition) is 3. The summed E-state index contributed by atoms with van der Waals surface area (Å²) >= 11 is 3.40. The maximum atomic E-state index is 9.06. The van der Waals surface area contributed by atoms with Gasteiger partial charge in [0.2, 0.25) is 0 Å². The molecule has 0 radical (unpaired) electrons. The molecular formula is C11H8BrN3O. The highest BCUT2D eigenvalue weighted by Crippen LogP contribution is 2.26. The SMILES string of the molecule is OCc1cc2c(cn1)[nH]c1ncc(Br)cc12. The monoisotopic (exact) mass is 277 g/mol. The van der Waals surface area contributed by atoms with Crippen LogP contribution in [0, 0.1) is 0 Å². The van der Waals surface area contributed by atoms with Crippen LogP contribution in [0.2, 0.25) is 0 Å². The number of aliphatic hydroxyl groups excluding tert-OH is 1. The Kier molecular flexibility index (Phi) is 2.15. The molecule has 0 saturated carbocycles. The van der Waals surface area contributed by atoms with E-state index in [2.05, 4.69) is 30.9 Å². The number of aromatic amines is 1. The standard InChI is InChI=1S/C11H8BrN3O/c12-6-1-9-8-2-7(5-16)13-4-10(8)15-11(9)14-3-6/h1-4,16H,5H2,(H,14,15). The highest BCUT2D eigenvalue weighted by Gasteiger charge is 2.06. The van der Waals surface area contributed by atoms with E-state index >= 15 is 0 Å². The molecule has 80 valence electrons. The fourth-order valence-corrected chi connectivity index (χ4v) is 2.11. The summed E-state index contributed by atoms with van der Waals surface area (Å²) in [6.07, 6.45) is 3.47. The second-order valence-corrected chi connectivity index (χ2v) is 4.47. The number of aromatic nitrogens is 3. The van der Waals surface area contributed by atoms with E-state index in [-0.39, 0.29) is 6.61 Å². The van der Waals surface area contributed by atoms with Crippen molar-refractivity contribution in [3.8, 4) is 0 Å². The summed E-state index contributed by atoms with van der Waals surface area (Å²) in [5.41, 5.74) is 2.42. The molecule has 0 aliphatic heterocycles. The number of halogens is 1. The van der Waals surface area contributed by atoms with Crippen molar-refractivity contribution < 1.29 is 5.11 Å². The molecule has 4 nitrogen and oxygen atoms in total. The smallest absolute Gasteiger partial charge is 0.138 e. The van der Waals surface area contributed by atoms with Gasteiger partial charge in [0.25, 0.3) is 0 Å². The number of fused-ring (bicyclic) bond motifs is 3. The number of hydrogen-bond donors (Lipinski definition) is 2. The summed E-state index contributed by atoms with van der Waals surface area (Å²) in [5, 5.41) is 11.1. The normalized spacial score (nSPS) is 11.4. The second kappa shape index (κ2) is 3.54. The Morgan fingerprint density at radius 1 is 1.19 bits per heavy atom. The Balaban J connectivity index is 2.44. The van der Waals surface area contributed by atoms with Crippen LogP contribution in [0.5, 0.6) is 0 Å². The molecule has 5 heteroatoms. The number of nitrogens with zero attached hydrogens (tertiary/aromatic N) is 2. The Bertz CT molecular complexity index is 677. The van der Waals surface area contributed by atoms with Crippen molar-refractivity contribution >= 4 is 37.9 Å². The molecule has 0 aliphatic carbocycles. The zero-order valence-corrected chi connectivity index (χ0v) is 9.82. The summed E-state index contributed by atoms with van der Waals surface area (Å²) in [5.74, 6) is 0. The van der Waals surface area contributed by atoms with Gasteiger partial charge in [0.15, 0.2) is 0 Å². The lowest BCUT2D eigenvalue weighted by Crippen LogP contribution is -1.86. The largest absolute Gasteiger partial charge is 0.390 e. The van der Waals surface area contributed by atoms with Gasteiger partial charge in [0.05, 0.1) is 24.0 Å². The van der Waals surface area contributed by atoms with Gasteiger partial charge in [-0.05, 0) is 28.1 Å². The molecule has 0 atom stereocenters. The predicted octanol–water partition coefficient (Wildman–Crippen LogP) is 2.37. The molecule has 2 N–H and O–H groups in total. The van der Waals surface area contributed by atoms with Gasteiger partial charge in [0, 0.05) is 21.4 Å². The lowest BCUT2D eigenvalue weighted by molar-refractivity contribution is 0.277. The molecule has 0 bridgehead atoms. The van der Waals surface area contributed by atoms with Gasteiger partial charge in [0.1, 0.15) is 5.65 Å². The first kappa shape index (κ1) is 9.74. The van der Waals surface area contributed by atoms with Crippen molar-refractivity contribution in [2.75, 3.05) is 0 Å². The molecule has 3 aromatic rings. The topological polar surface area (TPSA) is 61.8 Å². The minimum Gasteiger partial charge on any atom is -0.390 e. The van der Waals surface area contributed by atoms with Crippen LogP contribution in [0.4, 0.5) is 0 Å². The minimum absolute atomic E-state index is 0.0515. The Morgan fingerprint density at radius 3 is 2.88 bits per heavy atom. The van der Waals surface area contributed by atoms with Gasteiger partial charge in [-0.3, -0.25) is 4.98 Å². The van der Waals surface area contributed by atoms with Crippen LogP contribution in [0.25, 0.3) is 21.9 Å². The van der Waals surface area contributed by atoms with Crippen LogP contribution in [-0.2, 0) is 6.61 Å². The minimum atomic E-state index is -0.0515.